The minimum absolute atomic E-state index is 0.188. The van der Waals surface area contributed by atoms with Gasteiger partial charge in [0.25, 0.3) is 0 Å². The van der Waals surface area contributed by atoms with E-state index in [4.69, 9.17) is 17.3 Å². The SMILES string of the molecule is CN1CCCC(N)C1c1cc(Cl)ccc1Br. The summed E-state index contributed by atoms with van der Waals surface area (Å²) in [5.41, 5.74) is 7.41. The first-order valence-electron chi connectivity index (χ1n) is 5.50. The van der Waals surface area contributed by atoms with E-state index in [2.05, 4.69) is 27.9 Å². The average Bonchev–Trinajstić information content (AvgIpc) is 2.23. The van der Waals surface area contributed by atoms with Gasteiger partial charge < -0.3 is 5.73 Å². The smallest absolute Gasteiger partial charge is 0.0508 e. The summed E-state index contributed by atoms with van der Waals surface area (Å²) in [4.78, 5) is 2.31. The van der Waals surface area contributed by atoms with Gasteiger partial charge in [-0.3, -0.25) is 4.90 Å². The zero-order valence-corrected chi connectivity index (χ0v) is 11.6. The van der Waals surface area contributed by atoms with E-state index in [0.717, 1.165) is 22.5 Å². The van der Waals surface area contributed by atoms with Gasteiger partial charge in [-0.1, -0.05) is 27.5 Å². The molecule has 1 heterocycles. The quantitative estimate of drug-likeness (QED) is 0.863. The van der Waals surface area contributed by atoms with E-state index in [9.17, 15) is 0 Å². The lowest BCUT2D eigenvalue weighted by molar-refractivity contribution is 0.162. The summed E-state index contributed by atoms with van der Waals surface area (Å²) in [5.74, 6) is 0. The number of nitrogens with zero attached hydrogens (tertiary/aromatic N) is 1. The van der Waals surface area contributed by atoms with Crippen LogP contribution in [0.1, 0.15) is 24.4 Å². The molecule has 0 aromatic heterocycles. The highest BCUT2D eigenvalue weighted by molar-refractivity contribution is 9.10. The Morgan fingerprint density at radius 3 is 2.94 bits per heavy atom. The van der Waals surface area contributed by atoms with E-state index in [-0.39, 0.29) is 12.1 Å². The van der Waals surface area contributed by atoms with Crippen molar-refractivity contribution < 1.29 is 0 Å². The van der Waals surface area contributed by atoms with Crippen LogP contribution in [-0.4, -0.2) is 24.5 Å². The third kappa shape index (κ3) is 2.43. The van der Waals surface area contributed by atoms with Crippen molar-refractivity contribution in [2.45, 2.75) is 24.9 Å². The summed E-state index contributed by atoms with van der Waals surface area (Å²) in [6.07, 6.45) is 2.25. The number of rotatable bonds is 1. The van der Waals surface area contributed by atoms with E-state index in [1.54, 1.807) is 0 Å². The maximum absolute atomic E-state index is 6.21. The van der Waals surface area contributed by atoms with Crippen molar-refractivity contribution in [2.24, 2.45) is 5.73 Å². The van der Waals surface area contributed by atoms with Crippen molar-refractivity contribution in [1.82, 2.24) is 4.90 Å². The molecule has 0 radical (unpaired) electrons. The van der Waals surface area contributed by atoms with Crippen LogP contribution in [0, 0.1) is 0 Å². The highest BCUT2D eigenvalue weighted by atomic mass is 79.9. The lowest BCUT2D eigenvalue weighted by Gasteiger charge is -2.38. The zero-order chi connectivity index (χ0) is 11.7. The van der Waals surface area contributed by atoms with Crippen LogP contribution in [0.3, 0.4) is 0 Å². The van der Waals surface area contributed by atoms with Crippen LogP contribution in [0.5, 0.6) is 0 Å². The summed E-state index contributed by atoms with van der Waals surface area (Å²) in [6.45, 7) is 1.09. The van der Waals surface area contributed by atoms with E-state index in [1.807, 2.05) is 18.2 Å². The van der Waals surface area contributed by atoms with E-state index < -0.39 is 0 Å². The normalized spacial score (nSPS) is 27.0. The molecule has 1 saturated heterocycles. The molecular weight excluding hydrogens is 288 g/mol. The largest absolute Gasteiger partial charge is 0.326 e. The zero-order valence-electron chi connectivity index (χ0n) is 9.29. The summed E-state index contributed by atoms with van der Waals surface area (Å²) < 4.78 is 1.09. The van der Waals surface area contributed by atoms with Crippen molar-refractivity contribution in [2.75, 3.05) is 13.6 Å². The summed E-state index contributed by atoms with van der Waals surface area (Å²) in [7, 11) is 2.12. The van der Waals surface area contributed by atoms with Crippen LogP contribution in [0.25, 0.3) is 0 Å². The molecule has 0 saturated carbocycles. The Labute approximate surface area is 110 Å². The molecule has 0 aliphatic carbocycles. The Hall–Kier alpha value is -0.0900. The first-order chi connectivity index (χ1) is 7.59. The molecule has 1 aromatic carbocycles. The van der Waals surface area contributed by atoms with Gasteiger partial charge in [-0.05, 0) is 50.2 Å². The van der Waals surface area contributed by atoms with Crippen molar-refractivity contribution in [1.29, 1.82) is 0 Å². The van der Waals surface area contributed by atoms with Gasteiger partial charge in [0, 0.05) is 15.5 Å². The molecule has 0 spiro atoms. The molecule has 16 heavy (non-hydrogen) atoms. The topological polar surface area (TPSA) is 29.3 Å². The monoisotopic (exact) mass is 302 g/mol. The first kappa shape index (κ1) is 12.4. The number of hydrogen-bond acceptors (Lipinski definition) is 2. The number of piperidine rings is 1. The Kier molecular flexibility index (Phi) is 3.90. The molecule has 1 aromatic rings. The highest BCUT2D eigenvalue weighted by Gasteiger charge is 2.29. The molecule has 1 fully saturated rings. The fourth-order valence-corrected chi connectivity index (χ4v) is 3.07. The molecule has 2 nitrogen and oxygen atoms in total. The molecule has 1 aliphatic heterocycles. The minimum Gasteiger partial charge on any atom is -0.326 e. The molecule has 2 N–H and O–H groups in total. The van der Waals surface area contributed by atoms with Gasteiger partial charge in [-0.2, -0.15) is 0 Å². The third-order valence-electron chi connectivity index (χ3n) is 3.21. The second-order valence-electron chi connectivity index (χ2n) is 4.40. The Bertz CT molecular complexity index is 373. The molecule has 2 unspecified atom stereocenters. The molecule has 2 rings (SSSR count). The lowest BCUT2D eigenvalue weighted by Crippen LogP contribution is -2.44. The fourth-order valence-electron chi connectivity index (χ4n) is 2.41. The summed E-state index contributed by atoms with van der Waals surface area (Å²) in [6, 6.07) is 6.35. The Morgan fingerprint density at radius 2 is 2.25 bits per heavy atom. The summed E-state index contributed by atoms with van der Waals surface area (Å²) in [5, 5.41) is 0.768. The Morgan fingerprint density at radius 1 is 1.50 bits per heavy atom. The van der Waals surface area contributed by atoms with Crippen molar-refractivity contribution in [3.8, 4) is 0 Å². The molecule has 2 atom stereocenters. The second-order valence-corrected chi connectivity index (χ2v) is 5.69. The summed E-state index contributed by atoms with van der Waals surface area (Å²) >= 11 is 9.63. The third-order valence-corrected chi connectivity index (χ3v) is 4.16. The standard InChI is InChI=1S/C12H16BrClN2/c1-16-6-2-3-11(15)12(16)9-7-8(14)4-5-10(9)13/h4-5,7,11-12H,2-3,6,15H2,1H3. The van der Waals surface area contributed by atoms with Crippen molar-refractivity contribution in [3.05, 3.63) is 33.3 Å². The molecule has 4 heteroatoms. The average molecular weight is 304 g/mol. The van der Waals surface area contributed by atoms with E-state index >= 15 is 0 Å². The van der Waals surface area contributed by atoms with Crippen LogP contribution in [0.2, 0.25) is 5.02 Å². The number of hydrogen-bond donors (Lipinski definition) is 1. The van der Waals surface area contributed by atoms with Gasteiger partial charge in [-0.25, -0.2) is 0 Å². The van der Waals surface area contributed by atoms with Crippen LogP contribution >= 0.6 is 27.5 Å². The van der Waals surface area contributed by atoms with Crippen LogP contribution in [0.15, 0.2) is 22.7 Å². The number of nitrogens with two attached hydrogens (primary N) is 1. The maximum Gasteiger partial charge on any atom is 0.0508 e. The van der Waals surface area contributed by atoms with Crippen LogP contribution in [0.4, 0.5) is 0 Å². The van der Waals surface area contributed by atoms with Crippen LogP contribution in [-0.2, 0) is 0 Å². The second kappa shape index (κ2) is 5.05. The van der Waals surface area contributed by atoms with Gasteiger partial charge >= 0.3 is 0 Å². The maximum atomic E-state index is 6.21. The Balaban J connectivity index is 2.37. The minimum atomic E-state index is 0.188. The lowest BCUT2D eigenvalue weighted by atomic mass is 9.91. The first-order valence-corrected chi connectivity index (χ1v) is 6.67. The molecule has 88 valence electrons. The van der Waals surface area contributed by atoms with E-state index in [0.29, 0.717) is 0 Å². The number of likely N-dealkylation sites (N-methyl/N-ethyl adjacent to an activating group) is 1. The predicted octanol–water partition coefficient (Wildman–Crippen LogP) is 3.20. The van der Waals surface area contributed by atoms with Gasteiger partial charge in [0.15, 0.2) is 0 Å². The van der Waals surface area contributed by atoms with Crippen LogP contribution < -0.4 is 5.73 Å². The van der Waals surface area contributed by atoms with Gasteiger partial charge in [0.05, 0.1) is 6.04 Å². The van der Waals surface area contributed by atoms with E-state index in [1.165, 1.54) is 12.0 Å². The number of likely N-dealkylation sites (tertiary alicyclic amines) is 1. The molecule has 0 amide bonds. The van der Waals surface area contributed by atoms with Crippen molar-refractivity contribution >= 4 is 27.5 Å². The predicted molar refractivity (Wildman–Crippen MR) is 71.7 cm³/mol. The van der Waals surface area contributed by atoms with Gasteiger partial charge in [0.1, 0.15) is 0 Å². The van der Waals surface area contributed by atoms with Crippen molar-refractivity contribution in [3.63, 3.8) is 0 Å². The van der Waals surface area contributed by atoms with Gasteiger partial charge in [0.2, 0.25) is 0 Å². The number of halogens is 2. The van der Waals surface area contributed by atoms with Gasteiger partial charge in [-0.15, -0.1) is 0 Å². The molecule has 0 bridgehead atoms. The number of benzene rings is 1. The highest BCUT2D eigenvalue weighted by Crippen LogP contribution is 2.34. The fraction of sp³-hybridized carbons (Fsp3) is 0.500. The molecular formula is C12H16BrClN2. The molecule has 1 aliphatic rings.